The second-order valence-corrected chi connectivity index (χ2v) is 4.87. The highest BCUT2D eigenvalue weighted by molar-refractivity contribution is 9.10. The summed E-state index contributed by atoms with van der Waals surface area (Å²) in [7, 11) is 4.16. The van der Waals surface area contributed by atoms with Gasteiger partial charge in [0.25, 0.3) is 0 Å². The van der Waals surface area contributed by atoms with E-state index in [9.17, 15) is 0 Å². The minimum atomic E-state index is 0.965. The molecule has 1 aromatic heterocycles. The highest BCUT2D eigenvalue weighted by Gasteiger charge is 2.06. The van der Waals surface area contributed by atoms with E-state index in [1.807, 2.05) is 18.4 Å². The Morgan fingerprint density at radius 1 is 1.33 bits per heavy atom. The first kappa shape index (κ1) is 10.7. The van der Waals surface area contributed by atoms with Gasteiger partial charge in [0.05, 0.1) is 6.26 Å². The first-order chi connectivity index (χ1) is 7.16. The molecule has 0 aliphatic heterocycles. The fourth-order valence-electron chi connectivity index (χ4n) is 1.59. The van der Waals surface area contributed by atoms with Crippen LogP contribution in [-0.2, 0) is 6.42 Å². The lowest BCUT2D eigenvalue weighted by Gasteiger charge is -2.07. The number of rotatable bonds is 3. The summed E-state index contributed by atoms with van der Waals surface area (Å²) in [4.78, 5) is 2.18. The van der Waals surface area contributed by atoms with Gasteiger partial charge in [-0.05, 0) is 44.3 Å². The van der Waals surface area contributed by atoms with Gasteiger partial charge in [0, 0.05) is 16.4 Å². The molecule has 0 saturated carbocycles. The van der Waals surface area contributed by atoms with Crippen LogP contribution in [0.15, 0.2) is 33.4 Å². The second kappa shape index (κ2) is 4.37. The van der Waals surface area contributed by atoms with Gasteiger partial charge in [-0.1, -0.05) is 15.9 Å². The Morgan fingerprint density at radius 2 is 2.13 bits per heavy atom. The number of halogens is 1. The third kappa shape index (κ3) is 2.41. The minimum absolute atomic E-state index is 0.965. The zero-order valence-corrected chi connectivity index (χ0v) is 10.5. The van der Waals surface area contributed by atoms with Crippen molar-refractivity contribution in [2.75, 3.05) is 20.6 Å². The van der Waals surface area contributed by atoms with Crippen LogP contribution in [0.5, 0.6) is 0 Å². The molecule has 0 radical (unpaired) electrons. The summed E-state index contributed by atoms with van der Waals surface area (Å²) in [5.41, 5.74) is 2.24. The van der Waals surface area contributed by atoms with E-state index in [1.54, 1.807) is 0 Å². The van der Waals surface area contributed by atoms with Crippen molar-refractivity contribution in [1.29, 1.82) is 0 Å². The van der Waals surface area contributed by atoms with Gasteiger partial charge in [-0.15, -0.1) is 0 Å². The Kier molecular flexibility index (Phi) is 3.12. The largest absolute Gasteiger partial charge is 0.464 e. The van der Waals surface area contributed by atoms with Crippen LogP contribution in [0.3, 0.4) is 0 Å². The number of furan rings is 1. The van der Waals surface area contributed by atoms with Gasteiger partial charge in [-0.3, -0.25) is 0 Å². The number of nitrogens with zero attached hydrogens (tertiary/aromatic N) is 1. The Balaban J connectivity index is 2.31. The molecule has 0 atom stereocenters. The Labute approximate surface area is 98.0 Å². The average Bonchev–Trinajstić information content (AvgIpc) is 2.57. The Morgan fingerprint density at radius 3 is 2.87 bits per heavy atom. The smallest absolute Gasteiger partial charge is 0.134 e. The summed E-state index contributed by atoms with van der Waals surface area (Å²) in [5, 5.41) is 1.21. The van der Waals surface area contributed by atoms with Crippen molar-refractivity contribution in [3.8, 4) is 0 Å². The van der Waals surface area contributed by atoms with Crippen molar-refractivity contribution in [3.63, 3.8) is 0 Å². The molecule has 1 heterocycles. The van der Waals surface area contributed by atoms with E-state index >= 15 is 0 Å². The molecule has 0 N–H and O–H groups in total. The summed E-state index contributed by atoms with van der Waals surface area (Å²) in [6.45, 7) is 1.04. The maximum absolute atomic E-state index is 5.50. The van der Waals surface area contributed by atoms with Crippen molar-refractivity contribution in [1.82, 2.24) is 4.90 Å². The van der Waals surface area contributed by atoms with E-state index < -0.39 is 0 Å². The average molecular weight is 268 g/mol. The minimum Gasteiger partial charge on any atom is -0.464 e. The van der Waals surface area contributed by atoms with Gasteiger partial charge in [-0.25, -0.2) is 0 Å². The third-order valence-corrected chi connectivity index (χ3v) is 2.94. The fourth-order valence-corrected chi connectivity index (χ4v) is 1.95. The van der Waals surface area contributed by atoms with Gasteiger partial charge in [0.2, 0.25) is 0 Å². The van der Waals surface area contributed by atoms with Crippen molar-refractivity contribution in [2.24, 2.45) is 0 Å². The third-order valence-electron chi connectivity index (χ3n) is 2.44. The SMILES string of the molecule is CN(C)CCc1coc2ccc(Br)cc12. The standard InChI is InChI=1S/C12H14BrNO/c1-14(2)6-5-9-8-15-12-4-3-10(13)7-11(9)12/h3-4,7-8H,5-6H2,1-2H3. The summed E-state index contributed by atoms with van der Waals surface area (Å²) in [6, 6.07) is 6.12. The van der Waals surface area contributed by atoms with Crippen molar-refractivity contribution in [3.05, 3.63) is 34.5 Å². The van der Waals surface area contributed by atoms with E-state index in [-0.39, 0.29) is 0 Å². The topological polar surface area (TPSA) is 16.4 Å². The molecule has 3 heteroatoms. The predicted molar refractivity (Wildman–Crippen MR) is 66.2 cm³/mol. The monoisotopic (exact) mass is 267 g/mol. The molecule has 2 rings (SSSR count). The molecule has 0 amide bonds. The molecule has 2 nitrogen and oxygen atoms in total. The van der Waals surface area contributed by atoms with Crippen LogP contribution in [0.25, 0.3) is 11.0 Å². The van der Waals surface area contributed by atoms with Gasteiger partial charge < -0.3 is 9.32 Å². The van der Waals surface area contributed by atoms with Gasteiger partial charge in [-0.2, -0.15) is 0 Å². The summed E-state index contributed by atoms with van der Waals surface area (Å²) < 4.78 is 6.60. The normalized spacial score (nSPS) is 11.5. The molecule has 0 aliphatic carbocycles. The molecular formula is C12H14BrNO. The Hall–Kier alpha value is -0.800. The van der Waals surface area contributed by atoms with Crippen LogP contribution in [0.2, 0.25) is 0 Å². The van der Waals surface area contributed by atoms with Crippen LogP contribution in [0.4, 0.5) is 0 Å². The zero-order valence-electron chi connectivity index (χ0n) is 8.96. The predicted octanol–water partition coefficient (Wildman–Crippen LogP) is 3.30. The first-order valence-electron chi connectivity index (χ1n) is 4.97. The first-order valence-corrected chi connectivity index (χ1v) is 5.76. The van der Waals surface area contributed by atoms with Gasteiger partial charge >= 0.3 is 0 Å². The van der Waals surface area contributed by atoms with Crippen LogP contribution in [0.1, 0.15) is 5.56 Å². The van der Waals surface area contributed by atoms with Crippen molar-refractivity contribution in [2.45, 2.75) is 6.42 Å². The van der Waals surface area contributed by atoms with Crippen molar-refractivity contribution >= 4 is 26.9 Å². The molecule has 1 aromatic carbocycles. The zero-order chi connectivity index (χ0) is 10.8. The molecule has 0 saturated heterocycles. The molecule has 2 aromatic rings. The quantitative estimate of drug-likeness (QED) is 0.849. The van der Waals surface area contributed by atoms with Crippen molar-refractivity contribution < 1.29 is 4.42 Å². The lowest BCUT2D eigenvalue weighted by atomic mass is 10.1. The maximum Gasteiger partial charge on any atom is 0.134 e. The molecule has 0 spiro atoms. The molecule has 0 bridgehead atoms. The van der Waals surface area contributed by atoms with E-state index in [2.05, 4.69) is 41.0 Å². The summed E-state index contributed by atoms with van der Waals surface area (Å²) >= 11 is 3.48. The van der Waals surface area contributed by atoms with E-state index in [1.165, 1.54) is 10.9 Å². The number of hydrogen-bond acceptors (Lipinski definition) is 2. The lowest BCUT2D eigenvalue weighted by molar-refractivity contribution is 0.413. The van der Waals surface area contributed by atoms with Crippen LogP contribution >= 0.6 is 15.9 Å². The van der Waals surface area contributed by atoms with Gasteiger partial charge in [0.15, 0.2) is 0 Å². The summed E-state index contributed by atoms with van der Waals surface area (Å²) in [5.74, 6) is 0. The number of benzene rings is 1. The molecule has 0 aliphatic rings. The molecule has 0 unspecified atom stereocenters. The lowest BCUT2D eigenvalue weighted by Crippen LogP contribution is -2.14. The van der Waals surface area contributed by atoms with Gasteiger partial charge in [0.1, 0.15) is 5.58 Å². The van der Waals surface area contributed by atoms with E-state index in [0.29, 0.717) is 0 Å². The number of hydrogen-bond donors (Lipinski definition) is 0. The Bertz CT molecular complexity index is 462. The fraction of sp³-hybridized carbons (Fsp3) is 0.333. The van der Waals surface area contributed by atoms with Crippen LogP contribution < -0.4 is 0 Å². The second-order valence-electron chi connectivity index (χ2n) is 3.95. The van der Waals surface area contributed by atoms with E-state index in [0.717, 1.165) is 23.0 Å². The molecule has 15 heavy (non-hydrogen) atoms. The highest BCUT2D eigenvalue weighted by atomic mass is 79.9. The number of likely N-dealkylation sites (N-methyl/N-ethyl adjacent to an activating group) is 1. The van der Waals surface area contributed by atoms with Crippen LogP contribution in [0, 0.1) is 0 Å². The highest BCUT2D eigenvalue weighted by Crippen LogP contribution is 2.25. The van der Waals surface area contributed by atoms with Crippen LogP contribution in [-0.4, -0.2) is 25.5 Å². The summed E-state index contributed by atoms with van der Waals surface area (Å²) in [6.07, 6.45) is 2.89. The molecule has 80 valence electrons. The molecular weight excluding hydrogens is 254 g/mol. The molecule has 0 fully saturated rings. The maximum atomic E-state index is 5.50. The van der Waals surface area contributed by atoms with E-state index in [4.69, 9.17) is 4.42 Å². The number of fused-ring (bicyclic) bond motifs is 1.